The fourth-order valence-electron chi connectivity index (χ4n) is 3.19. The van der Waals surface area contributed by atoms with Gasteiger partial charge in [0.05, 0.1) is 0 Å². The maximum absolute atomic E-state index is 12.4. The van der Waals surface area contributed by atoms with Crippen molar-refractivity contribution in [2.45, 2.75) is 32.6 Å². The normalized spacial score (nSPS) is 14.2. The van der Waals surface area contributed by atoms with Gasteiger partial charge in [-0.05, 0) is 31.9 Å². The predicted octanol–water partition coefficient (Wildman–Crippen LogP) is 2.49. The lowest BCUT2D eigenvalue weighted by Crippen LogP contribution is -2.48. The van der Waals surface area contributed by atoms with E-state index in [4.69, 9.17) is 0 Å². The van der Waals surface area contributed by atoms with Gasteiger partial charge in [-0.25, -0.2) is 0 Å². The lowest BCUT2D eigenvalue weighted by Gasteiger charge is -2.34. The molecule has 7 nitrogen and oxygen atoms in total. The highest BCUT2D eigenvalue weighted by molar-refractivity contribution is 7.15. The third kappa shape index (κ3) is 5.76. The minimum atomic E-state index is -0.0415. The first-order valence-electron chi connectivity index (χ1n) is 9.79. The van der Waals surface area contributed by atoms with Gasteiger partial charge in [0.1, 0.15) is 5.01 Å². The molecule has 150 valence electrons. The summed E-state index contributed by atoms with van der Waals surface area (Å²) in [6, 6.07) is 9.22. The number of piperazine rings is 1. The van der Waals surface area contributed by atoms with E-state index in [0.717, 1.165) is 55.6 Å². The fraction of sp³-hybridized carbons (Fsp3) is 0.500. The van der Waals surface area contributed by atoms with Gasteiger partial charge in [0.25, 0.3) is 5.91 Å². The summed E-state index contributed by atoms with van der Waals surface area (Å²) >= 11 is 1.60. The second kappa shape index (κ2) is 10.2. The van der Waals surface area contributed by atoms with Crippen LogP contribution < -0.4 is 10.2 Å². The van der Waals surface area contributed by atoms with E-state index in [2.05, 4.69) is 20.4 Å². The Morgan fingerprint density at radius 3 is 2.46 bits per heavy atom. The number of hydrogen-bond acceptors (Lipinski definition) is 6. The summed E-state index contributed by atoms with van der Waals surface area (Å²) in [5.74, 6) is 0.182. The highest BCUT2D eigenvalue weighted by Gasteiger charge is 2.22. The van der Waals surface area contributed by atoms with E-state index >= 15 is 0 Å². The maximum atomic E-state index is 12.4. The van der Waals surface area contributed by atoms with Crippen molar-refractivity contribution < 1.29 is 9.59 Å². The van der Waals surface area contributed by atoms with Gasteiger partial charge in [-0.3, -0.25) is 9.59 Å². The number of rotatable bonds is 8. The molecule has 1 aliphatic rings. The summed E-state index contributed by atoms with van der Waals surface area (Å²) in [7, 11) is 0. The zero-order chi connectivity index (χ0) is 19.8. The third-order valence-electron chi connectivity index (χ3n) is 4.81. The summed E-state index contributed by atoms with van der Waals surface area (Å²) < 4.78 is 0. The van der Waals surface area contributed by atoms with Gasteiger partial charge in [0.15, 0.2) is 0 Å². The van der Waals surface area contributed by atoms with Crippen molar-refractivity contribution >= 4 is 28.3 Å². The Balaban J connectivity index is 1.26. The van der Waals surface area contributed by atoms with Crippen LogP contribution in [0.3, 0.4) is 0 Å². The van der Waals surface area contributed by atoms with Crippen molar-refractivity contribution in [1.82, 2.24) is 20.4 Å². The molecule has 8 heteroatoms. The average Bonchev–Trinajstić information content (AvgIpc) is 3.17. The molecule has 2 heterocycles. The van der Waals surface area contributed by atoms with Crippen LogP contribution >= 0.6 is 11.3 Å². The van der Waals surface area contributed by atoms with Crippen LogP contribution in [0, 0.1) is 6.92 Å². The van der Waals surface area contributed by atoms with Crippen LogP contribution in [0.15, 0.2) is 30.3 Å². The summed E-state index contributed by atoms with van der Waals surface area (Å²) in [5.41, 5.74) is 0.681. The van der Waals surface area contributed by atoms with Crippen LogP contribution in [0.5, 0.6) is 0 Å². The number of aryl methyl sites for hydroxylation is 1. The monoisotopic (exact) mass is 401 g/mol. The van der Waals surface area contributed by atoms with Crippen LogP contribution in [0.4, 0.5) is 5.13 Å². The second-order valence-corrected chi connectivity index (χ2v) is 8.06. The lowest BCUT2D eigenvalue weighted by atomic mass is 10.1. The van der Waals surface area contributed by atoms with Crippen molar-refractivity contribution in [2.24, 2.45) is 0 Å². The highest BCUT2D eigenvalue weighted by Crippen LogP contribution is 2.21. The van der Waals surface area contributed by atoms with Crippen LogP contribution in [0.1, 0.15) is 41.0 Å². The van der Waals surface area contributed by atoms with E-state index in [9.17, 15) is 9.59 Å². The Hall–Kier alpha value is -2.48. The van der Waals surface area contributed by atoms with E-state index in [0.29, 0.717) is 18.5 Å². The molecule has 0 unspecified atom stereocenters. The summed E-state index contributed by atoms with van der Waals surface area (Å²) in [6.07, 6.45) is 3.25. The highest BCUT2D eigenvalue weighted by atomic mass is 32.1. The lowest BCUT2D eigenvalue weighted by molar-refractivity contribution is -0.131. The first-order chi connectivity index (χ1) is 13.6. The molecule has 1 N–H and O–H groups in total. The summed E-state index contributed by atoms with van der Waals surface area (Å²) in [5, 5.41) is 13.1. The standard InChI is InChI=1S/C20H27N5O2S/c1-16-22-23-20(28-16)25-14-12-24(13-15-25)18(26)10-6-3-7-11-21-19(27)17-8-4-2-5-9-17/h2,4-5,8-9H,3,6-7,10-15H2,1H3,(H,21,27). The van der Waals surface area contributed by atoms with E-state index in [-0.39, 0.29) is 11.8 Å². The molecule has 2 aromatic rings. The number of hydrogen-bond donors (Lipinski definition) is 1. The van der Waals surface area contributed by atoms with E-state index in [1.54, 1.807) is 23.5 Å². The predicted molar refractivity (Wildman–Crippen MR) is 111 cm³/mol. The zero-order valence-corrected chi connectivity index (χ0v) is 17.1. The molecule has 0 atom stereocenters. The number of carbonyl (C=O) groups excluding carboxylic acids is 2. The summed E-state index contributed by atoms with van der Waals surface area (Å²) in [6.45, 7) is 5.70. The molecule has 0 radical (unpaired) electrons. The van der Waals surface area contributed by atoms with Crippen molar-refractivity contribution in [1.29, 1.82) is 0 Å². The number of amides is 2. The molecule has 2 amide bonds. The molecule has 0 bridgehead atoms. The quantitative estimate of drug-likeness (QED) is 0.688. The minimum Gasteiger partial charge on any atom is -0.352 e. The van der Waals surface area contributed by atoms with Crippen molar-refractivity contribution in [3.8, 4) is 0 Å². The third-order valence-corrected chi connectivity index (χ3v) is 5.71. The van der Waals surface area contributed by atoms with Gasteiger partial charge in [-0.15, -0.1) is 10.2 Å². The number of unbranched alkanes of at least 4 members (excludes halogenated alkanes) is 2. The Bertz CT molecular complexity index is 772. The number of carbonyl (C=O) groups is 2. The molecule has 1 aromatic carbocycles. The minimum absolute atomic E-state index is 0.0415. The van der Waals surface area contributed by atoms with Gasteiger partial charge < -0.3 is 15.1 Å². The van der Waals surface area contributed by atoms with Gasteiger partial charge in [-0.1, -0.05) is 36.0 Å². The SMILES string of the molecule is Cc1nnc(N2CCN(C(=O)CCCCCNC(=O)c3ccccc3)CC2)s1. The molecule has 0 saturated carbocycles. The van der Waals surface area contributed by atoms with Gasteiger partial charge in [-0.2, -0.15) is 0 Å². The van der Waals surface area contributed by atoms with Crippen LogP contribution in [-0.2, 0) is 4.79 Å². The van der Waals surface area contributed by atoms with Gasteiger partial charge >= 0.3 is 0 Å². The molecule has 1 fully saturated rings. The Morgan fingerprint density at radius 2 is 1.79 bits per heavy atom. The van der Waals surface area contributed by atoms with Crippen molar-refractivity contribution in [2.75, 3.05) is 37.6 Å². The molecule has 1 aliphatic heterocycles. The average molecular weight is 402 g/mol. The molecule has 0 spiro atoms. The number of nitrogens with zero attached hydrogens (tertiary/aromatic N) is 4. The molecule has 1 aromatic heterocycles. The first-order valence-corrected chi connectivity index (χ1v) is 10.6. The van der Waals surface area contributed by atoms with Crippen molar-refractivity contribution in [3.63, 3.8) is 0 Å². The van der Waals surface area contributed by atoms with E-state index < -0.39 is 0 Å². The largest absolute Gasteiger partial charge is 0.352 e. The molecule has 0 aliphatic carbocycles. The van der Waals surface area contributed by atoms with E-state index in [1.165, 1.54) is 0 Å². The van der Waals surface area contributed by atoms with Gasteiger partial charge in [0.2, 0.25) is 11.0 Å². The maximum Gasteiger partial charge on any atom is 0.251 e. The fourth-order valence-corrected chi connectivity index (χ4v) is 3.93. The molecular weight excluding hydrogens is 374 g/mol. The number of anilines is 1. The molecule has 28 heavy (non-hydrogen) atoms. The second-order valence-electron chi connectivity index (χ2n) is 6.90. The smallest absolute Gasteiger partial charge is 0.251 e. The molecule has 1 saturated heterocycles. The van der Waals surface area contributed by atoms with Gasteiger partial charge in [0, 0.05) is 44.7 Å². The first kappa shape index (κ1) is 20.3. The number of nitrogens with one attached hydrogen (secondary N) is 1. The Labute approximate surface area is 169 Å². The topological polar surface area (TPSA) is 78.4 Å². The Kier molecular flexibility index (Phi) is 7.36. The van der Waals surface area contributed by atoms with Crippen LogP contribution in [0.2, 0.25) is 0 Å². The number of benzene rings is 1. The van der Waals surface area contributed by atoms with E-state index in [1.807, 2.05) is 30.0 Å². The molecule has 3 rings (SSSR count). The van der Waals surface area contributed by atoms with Crippen LogP contribution in [-0.4, -0.2) is 59.6 Å². The molecular formula is C20H27N5O2S. The van der Waals surface area contributed by atoms with Crippen LogP contribution in [0.25, 0.3) is 0 Å². The van der Waals surface area contributed by atoms with Crippen molar-refractivity contribution in [3.05, 3.63) is 40.9 Å². The summed E-state index contributed by atoms with van der Waals surface area (Å²) in [4.78, 5) is 28.5. The zero-order valence-electron chi connectivity index (χ0n) is 16.3. The number of aromatic nitrogens is 2. The Morgan fingerprint density at radius 1 is 1.04 bits per heavy atom.